The summed E-state index contributed by atoms with van der Waals surface area (Å²) in [6, 6.07) is 9.62. The highest BCUT2D eigenvalue weighted by atomic mass is 16.5. The first-order valence-corrected chi connectivity index (χ1v) is 6.25. The molecule has 1 aromatic heterocycles. The van der Waals surface area contributed by atoms with Gasteiger partial charge in [-0.1, -0.05) is 18.2 Å². The van der Waals surface area contributed by atoms with Gasteiger partial charge in [0, 0.05) is 24.6 Å². The minimum absolute atomic E-state index is 0.0116. The van der Waals surface area contributed by atoms with Crippen LogP contribution in [0.15, 0.2) is 35.1 Å². The first kappa shape index (κ1) is 11.3. The lowest BCUT2D eigenvalue weighted by molar-refractivity contribution is 0.0694. The molecule has 1 aliphatic rings. The first-order chi connectivity index (χ1) is 8.77. The van der Waals surface area contributed by atoms with Crippen molar-refractivity contribution in [3.05, 3.63) is 40.7 Å². The van der Waals surface area contributed by atoms with Gasteiger partial charge in [0.25, 0.3) is 5.56 Å². The van der Waals surface area contributed by atoms with E-state index in [1.54, 1.807) is 4.57 Å². The zero-order valence-electron chi connectivity index (χ0n) is 10.1. The van der Waals surface area contributed by atoms with Gasteiger partial charge in [-0.15, -0.1) is 0 Å². The van der Waals surface area contributed by atoms with Gasteiger partial charge in [0.05, 0.1) is 0 Å². The summed E-state index contributed by atoms with van der Waals surface area (Å²) in [5.41, 5.74) is 6.05. The first-order valence-electron chi connectivity index (χ1n) is 6.25. The van der Waals surface area contributed by atoms with Gasteiger partial charge in [-0.3, -0.25) is 9.36 Å². The lowest BCUT2D eigenvalue weighted by atomic mass is 10.1. The molecule has 4 nitrogen and oxygen atoms in total. The number of fused-ring (bicyclic) bond motifs is 1. The largest absolute Gasteiger partial charge is 0.385 e. The van der Waals surface area contributed by atoms with Crippen molar-refractivity contribution in [3.8, 4) is 0 Å². The molecule has 1 aliphatic heterocycles. The highest BCUT2D eigenvalue weighted by Crippen LogP contribution is 2.24. The summed E-state index contributed by atoms with van der Waals surface area (Å²) in [5.74, 6) is 0.547. The van der Waals surface area contributed by atoms with Crippen molar-refractivity contribution < 1.29 is 4.74 Å². The van der Waals surface area contributed by atoms with Gasteiger partial charge >= 0.3 is 0 Å². The normalized spacial score (nSPS) is 17.1. The van der Waals surface area contributed by atoms with E-state index < -0.39 is 0 Å². The monoisotopic (exact) mass is 244 g/mol. The number of rotatable bonds is 1. The maximum Gasteiger partial charge on any atom is 0.260 e. The van der Waals surface area contributed by atoms with E-state index >= 15 is 0 Å². The van der Waals surface area contributed by atoms with E-state index in [2.05, 4.69) is 0 Å². The highest BCUT2D eigenvalue weighted by molar-refractivity contribution is 5.83. The van der Waals surface area contributed by atoms with Crippen LogP contribution in [0.25, 0.3) is 10.8 Å². The van der Waals surface area contributed by atoms with E-state index in [0.717, 1.165) is 23.6 Å². The molecule has 2 N–H and O–H groups in total. The van der Waals surface area contributed by atoms with Gasteiger partial charge in [-0.2, -0.15) is 0 Å². The number of ether oxygens (including phenoxy) is 1. The smallest absolute Gasteiger partial charge is 0.260 e. The Morgan fingerprint density at radius 2 is 1.94 bits per heavy atom. The average molecular weight is 244 g/mol. The van der Waals surface area contributed by atoms with Crippen molar-refractivity contribution in [3.63, 3.8) is 0 Å². The van der Waals surface area contributed by atoms with Crippen LogP contribution in [0.4, 0.5) is 5.82 Å². The van der Waals surface area contributed by atoms with Crippen molar-refractivity contribution in [2.75, 3.05) is 18.9 Å². The van der Waals surface area contributed by atoms with Crippen molar-refractivity contribution in [1.29, 1.82) is 0 Å². The Balaban J connectivity index is 2.19. The van der Waals surface area contributed by atoms with Gasteiger partial charge < -0.3 is 10.5 Å². The third kappa shape index (κ3) is 1.78. The molecule has 3 rings (SSSR count). The molecule has 0 radical (unpaired) electrons. The molecule has 0 atom stereocenters. The number of anilines is 1. The second kappa shape index (κ2) is 4.46. The van der Waals surface area contributed by atoms with Crippen LogP contribution in [0.2, 0.25) is 0 Å². The molecule has 0 amide bonds. The molecule has 1 fully saturated rings. The molecule has 2 aromatic rings. The third-order valence-corrected chi connectivity index (χ3v) is 3.55. The Morgan fingerprint density at radius 3 is 2.72 bits per heavy atom. The van der Waals surface area contributed by atoms with E-state index in [-0.39, 0.29) is 11.6 Å². The summed E-state index contributed by atoms with van der Waals surface area (Å²) < 4.78 is 7.06. The second-order valence-corrected chi connectivity index (χ2v) is 4.68. The topological polar surface area (TPSA) is 57.2 Å². The Labute approximate surface area is 105 Å². The van der Waals surface area contributed by atoms with E-state index in [4.69, 9.17) is 10.5 Å². The third-order valence-electron chi connectivity index (χ3n) is 3.55. The van der Waals surface area contributed by atoms with Crippen LogP contribution >= 0.6 is 0 Å². The molecule has 1 aromatic carbocycles. The highest BCUT2D eigenvalue weighted by Gasteiger charge is 2.19. The Hall–Kier alpha value is -1.81. The van der Waals surface area contributed by atoms with Crippen molar-refractivity contribution in [2.45, 2.75) is 18.9 Å². The minimum atomic E-state index is 0.0116. The fraction of sp³-hybridized carbons (Fsp3) is 0.357. The summed E-state index contributed by atoms with van der Waals surface area (Å²) in [5, 5.41) is 1.64. The number of nitrogens with two attached hydrogens (primary N) is 1. The van der Waals surface area contributed by atoms with Crippen LogP contribution in [0.1, 0.15) is 18.9 Å². The standard InChI is InChI=1S/C14H16N2O2/c15-13-9-10-3-1-2-4-12(10)14(17)16(13)11-5-7-18-8-6-11/h1-4,9,11H,5-8,15H2. The van der Waals surface area contributed by atoms with Gasteiger partial charge in [-0.05, 0) is 30.4 Å². The zero-order valence-corrected chi connectivity index (χ0v) is 10.1. The fourth-order valence-corrected chi connectivity index (χ4v) is 2.61. The molecule has 2 heterocycles. The molecule has 4 heteroatoms. The predicted octanol–water partition coefficient (Wildman–Crippen LogP) is 1.94. The van der Waals surface area contributed by atoms with E-state index in [1.807, 2.05) is 30.3 Å². The number of nitrogen functional groups attached to an aromatic ring is 1. The zero-order chi connectivity index (χ0) is 12.5. The minimum Gasteiger partial charge on any atom is -0.385 e. The summed E-state index contributed by atoms with van der Waals surface area (Å²) in [4.78, 5) is 12.5. The van der Waals surface area contributed by atoms with E-state index in [0.29, 0.717) is 19.0 Å². The van der Waals surface area contributed by atoms with Crippen LogP contribution in [-0.4, -0.2) is 17.8 Å². The van der Waals surface area contributed by atoms with Crippen molar-refractivity contribution in [2.24, 2.45) is 0 Å². The average Bonchev–Trinajstić information content (AvgIpc) is 2.40. The predicted molar refractivity (Wildman–Crippen MR) is 71.7 cm³/mol. The molecule has 0 spiro atoms. The second-order valence-electron chi connectivity index (χ2n) is 4.68. The van der Waals surface area contributed by atoms with Crippen LogP contribution < -0.4 is 11.3 Å². The summed E-state index contributed by atoms with van der Waals surface area (Å²) >= 11 is 0. The molecule has 1 saturated heterocycles. The lowest BCUT2D eigenvalue weighted by Crippen LogP contribution is -2.30. The van der Waals surface area contributed by atoms with Crippen molar-refractivity contribution in [1.82, 2.24) is 4.57 Å². The van der Waals surface area contributed by atoms with Crippen LogP contribution in [0.5, 0.6) is 0 Å². The lowest BCUT2D eigenvalue weighted by Gasteiger charge is -2.26. The number of hydrogen-bond acceptors (Lipinski definition) is 3. The summed E-state index contributed by atoms with van der Waals surface area (Å²) in [6.45, 7) is 1.40. The Kier molecular flexibility index (Phi) is 2.80. The van der Waals surface area contributed by atoms with Crippen LogP contribution in [0, 0.1) is 0 Å². The van der Waals surface area contributed by atoms with Crippen LogP contribution in [0.3, 0.4) is 0 Å². The van der Waals surface area contributed by atoms with Gasteiger partial charge in [-0.25, -0.2) is 0 Å². The molecular weight excluding hydrogens is 228 g/mol. The Morgan fingerprint density at radius 1 is 1.22 bits per heavy atom. The van der Waals surface area contributed by atoms with Gasteiger partial charge in [0.1, 0.15) is 5.82 Å². The summed E-state index contributed by atoms with van der Waals surface area (Å²) in [6.07, 6.45) is 1.70. The fourth-order valence-electron chi connectivity index (χ4n) is 2.61. The number of pyridine rings is 1. The molecule has 0 bridgehead atoms. The number of hydrogen-bond donors (Lipinski definition) is 1. The maximum absolute atomic E-state index is 12.5. The number of nitrogens with zero attached hydrogens (tertiary/aromatic N) is 1. The van der Waals surface area contributed by atoms with Gasteiger partial charge in [0.2, 0.25) is 0 Å². The van der Waals surface area contributed by atoms with Crippen LogP contribution in [-0.2, 0) is 4.74 Å². The molecule has 18 heavy (non-hydrogen) atoms. The Bertz CT molecular complexity index is 627. The molecular formula is C14H16N2O2. The molecule has 0 unspecified atom stereocenters. The quantitative estimate of drug-likeness (QED) is 0.834. The SMILES string of the molecule is Nc1cc2ccccc2c(=O)n1C1CCOCC1. The number of benzene rings is 1. The molecule has 0 aliphatic carbocycles. The summed E-state index contributed by atoms with van der Waals surface area (Å²) in [7, 11) is 0. The maximum atomic E-state index is 12.5. The van der Waals surface area contributed by atoms with Crippen molar-refractivity contribution >= 4 is 16.6 Å². The number of aromatic nitrogens is 1. The van der Waals surface area contributed by atoms with E-state index in [1.165, 1.54) is 0 Å². The van der Waals surface area contributed by atoms with E-state index in [9.17, 15) is 4.79 Å². The molecule has 94 valence electrons. The van der Waals surface area contributed by atoms with Gasteiger partial charge in [0.15, 0.2) is 0 Å². The molecule has 0 saturated carbocycles.